The fraction of sp³-hybridized carbons (Fsp3) is 0.931. The Morgan fingerprint density at radius 2 is 1.63 bits per heavy atom. The highest BCUT2D eigenvalue weighted by molar-refractivity contribution is 5.38. The van der Waals surface area contributed by atoms with Gasteiger partial charge in [-0.1, -0.05) is 85.3 Å². The van der Waals surface area contributed by atoms with Gasteiger partial charge in [0.25, 0.3) is 0 Å². The van der Waals surface area contributed by atoms with E-state index in [-0.39, 0.29) is 11.5 Å². The number of hydrogen-bond acceptors (Lipinski definition) is 1. The van der Waals surface area contributed by atoms with Gasteiger partial charge in [-0.3, -0.25) is 0 Å². The predicted molar refractivity (Wildman–Crippen MR) is 128 cm³/mol. The van der Waals surface area contributed by atoms with E-state index in [9.17, 15) is 5.11 Å². The van der Waals surface area contributed by atoms with E-state index in [0.717, 1.165) is 18.3 Å². The van der Waals surface area contributed by atoms with Crippen LogP contribution in [0.4, 0.5) is 0 Å². The van der Waals surface area contributed by atoms with Crippen molar-refractivity contribution in [1.82, 2.24) is 0 Å². The molecule has 0 bridgehead atoms. The fourth-order valence-corrected chi connectivity index (χ4v) is 9.55. The van der Waals surface area contributed by atoms with Gasteiger partial charge in [0.2, 0.25) is 0 Å². The molecular formula is C29H50O. The molecule has 0 saturated heterocycles. The zero-order valence-electron chi connectivity index (χ0n) is 21.2. The molecule has 4 aliphatic rings. The monoisotopic (exact) mass is 414 g/mol. The molecule has 30 heavy (non-hydrogen) atoms. The molecule has 2 fully saturated rings. The standard InChI is InChI=1S/C29H50O/c1-8-9-10-11-20(2)21-14-18-29(7)23-12-13-24-26(3,4)25(30)16-17-27(24,5)22(23)15-19-28(21,29)6/h20-21,24-25,30H,8-19H2,1-7H3/t20-,21-,24+,25+,27-,28-,29+/m1/s1. The third-order valence-electron chi connectivity index (χ3n) is 11.7. The van der Waals surface area contributed by atoms with E-state index in [1.807, 2.05) is 11.1 Å². The number of aliphatic hydroxyl groups is 1. The van der Waals surface area contributed by atoms with Gasteiger partial charge in [0.15, 0.2) is 0 Å². The molecule has 0 aromatic rings. The number of rotatable bonds is 5. The Balaban J connectivity index is 1.66. The van der Waals surface area contributed by atoms with Crippen LogP contribution in [-0.2, 0) is 0 Å². The summed E-state index contributed by atoms with van der Waals surface area (Å²) in [5.74, 6) is 2.43. The molecule has 7 atom stereocenters. The van der Waals surface area contributed by atoms with Crippen molar-refractivity contribution in [3.8, 4) is 0 Å². The van der Waals surface area contributed by atoms with E-state index in [2.05, 4.69) is 48.5 Å². The van der Waals surface area contributed by atoms with Crippen molar-refractivity contribution in [2.24, 2.45) is 39.4 Å². The fourth-order valence-electron chi connectivity index (χ4n) is 9.55. The van der Waals surface area contributed by atoms with Crippen molar-refractivity contribution in [3.63, 3.8) is 0 Å². The van der Waals surface area contributed by atoms with Gasteiger partial charge in [-0.05, 0) is 90.8 Å². The van der Waals surface area contributed by atoms with Gasteiger partial charge in [-0.15, -0.1) is 0 Å². The van der Waals surface area contributed by atoms with Crippen molar-refractivity contribution in [2.75, 3.05) is 0 Å². The van der Waals surface area contributed by atoms with Gasteiger partial charge >= 0.3 is 0 Å². The van der Waals surface area contributed by atoms with Crippen LogP contribution in [0.25, 0.3) is 0 Å². The van der Waals surface area contributed by atoms with Crippen LogP contribution in [0.1, 0.15) is 126 Å². The Morgan fingerprint density at radius 3 is 2.33 bits per heavy atom. The molecule has 0 amide bonds. The highest BCUT2D eigenvalue weighted by atomic mass is 16.3. The molecule has 0 aliphatic heterocycles. The van der Waals surface area contributed by atoms with Crippen LogP contribution < -0.4 is 0 Å². The number of aliphatic hydroxyl groups excluding tert-OH is 1. The third-order valence-corrected chi connectivity index (χ3v) is 11.7. The van der Waals surface area contributed by atoms with E-state index in [0.29, 0.717) is 22.2 Å². The van der Waals surface area contributed by atoms with Gasteiger partial charge in [-0.25, -0.2) is 0 Å². The molecule has 0 spiro atoms. The molecule has 0 aromatic heterocycles. The lowest BCUT2D eigenvalue weighted by molar-refractivity contribution is -0.0962. The van der Waals surface area contributed by atoms with Crippen LogP contribution in [-0.4, -0.2) is 11.2 Å². The average Bonchev–Trinajstić information content (AvgIpc) is 2.97. The second-order valence-electron chi connectivity index (χ2n) is 13.2. The quantitative estimate of drug-likeness (QED) is 0.354. The van der Waals surface area contributed by atoms with Crippen molar-refractivity contribution in [3.05, 3.63) is 11.1 Å². The lowest BCUT2D eigenvalue weighted by Crippen LogP contribution is -2.55. The SMILES string of the molecule is CCCCC[C@@H](C)[C@H]1CC[C@@]2(C)C3=C(CC[C@]12C)[C@@]1(C)CC[C@H](O)C(C)(C)[C@@H]1CC3. The van der Waals surface area contributed by atoms with Crippen LogP contribution in [0, 0.1) is 39.4 Å². The van der Waals surface area contributed by atoms with Crippen LogP contribution in [0.5, 0.6) is 0 Å². The Labute approximate surface area is 187 Å². The lowest BCUT2D eigenvalue weighted by atomic mass is 9.43. The van der Waals surface area contributed by atoms with Gasteiger partial charge in [0.1, 0.15) is 0 Å². The maximum Gasteiger partial charge on any atom is 0.0594 e. The maximum absolute atomic E-state index is 10.8. The summed E-state index contributed by atoms with van der Waals surface area (Å²) in [6.45, 7) is 17.6. The lowest BCUT2D eigenvalue weighted by Gasteiger charge is -2.62. The summed E-state index contributed by atoms with van der Waals surface area (Å²) in [6, 6.07) is 0. The Morgan fingerprint density at radius 1 is 0.900 bits per heavy atom. The Bertz CT molecular complexity index is 688. The van der Waals surface area contributed by atoms with E-state index in [1.165, 1.54) is 70.6 Å². The summed E-state index contributed by atoms with van der Waals surface area (Å²) in [7, 11) is 0. The first-order valence-corrected chi connectivity index (χ1v) is 13.4. The van der Waals surface area contributed by atoms with Gasteiger partial charge in [-0.2, -0.15) is 0 Å². The minimum Gasteiger partial charge on any atom is -0.393 e. The van der Waals surface area contributed by atoms with Crippen molar-refractivity contribution < 1.29 is 5.11 Å². The highest BCUT2D eigenvalue weighted by Crippen LogP contribution is 2.72. The van der Waals surface area contributed by atoms with Crippen LogP contribution in [0.3, 0.4) is 0 Å². The largest absolute Gasteiger partial charge is 0.393 e. The molecule has 0 radical (unpaired) electrons. The highest BCUT2D eigenvalue weighted by Gasteiger charge is 2.63. The summed E-state index contributed by atoms with van der Waals surface area (Å²) in [5.41, 5.74) is 5.04. The number of hydrogen-bond donors (Lipinski definition) is 1. The first-order valence-electron chi connectivity index (χ1n) is 13.4. The summed E-state index contributed by atoms with van der Waals surface area (Å²) in [5, 5.41) is 10.8. The van der Waals surface area contributed by atoms with Crippen molar-refractivity contribution in [1.29, 1.82) is 0 Å². The van der Waals surface area contributed by atoms with E-state index in [1.54, 1.807) is 0 Å². The van der Waals surface area contributed by atoms with E-state index in [4.69, 9.17) is 0 Å². The van der Waals surface area contributed by atoms with Crippen LogP contribution >= 0.6 is 0 Å². The Hall–Kier alpha value is -0.300. The molecule has 172 valence electrons. The number of allylic oxidation sites excluding steroid dienone is 2. The van der Waals surface area contributed by atoms with Gasteiger partial charge in [0, 0.05) is 0 Å². The number of unbranched alkanes of at least 4 members (excludes halogenated alkanes) is 2. The second-order valence-corrected chi connectivity index (χ2v) is 13.2. The molecule has 1 N–H and O–H groups in total. The number of fused-ring (bicyclic) bond motifs is 4. The molecule has 4 rings (SSSR count). The zero-order valence-corrected chi connectivity index (χ0v) is 21.2. The van der Waals surface area contributed by atoms with E-state index >= 15 is 0 Å². The summed E-state index contributed by atoms with van der Waals surface area (Å²) in [6.07, 6.45) is 15.8. The summed E-state index contributed by atoms with van der Waals surface area (Å²) < 4.78 is 0. The zero-order chi connectivity index (χ0) is 21.9. The van der Waals surface area contributed by atoms with Gasteiger partial charge < -0.3 is 5.11 Å². The maximum atomic E-state index is 10.8. The van der Waals surface area contributed by atoms with Crippen LogP contribution in [0.2, 0.25) is 0 Å². The smallest absolute Gasteiger partial charge is 0.0594 e. The average molecular weight is 415 g/mol. The molecule has 0 unspecified atom stereocenters. The van der Waals surface area contributed by atoms with Crippen LogP contribution in [0.15, 0.2) is 11.1 Å². The molecule has 2 saturated carbocycles. The van der Waals surface area contributed by atoms with E-state index < -0.39 is 0 Å². The first kappa shape index (κ1) is 22.9. The normalized spacial score (nSPS) is 46.2. The molecule has 0 heterocycles. The summed E-state index contributed by atoms with van der Waals surface area (Å²) >= 11 is 0. The molecule has 0 aromatic carbocycles. The third kappa shape index (κ3) is 3.03. The second kappa shape index (κ2) is 7.64. The topological polar surface area (TPSA) is 20.2 Å². The first-order chi connectivity index (χ1) is 14.0. The molecule has 1 heteroatoms. The minimum absolute atomic E-state index is 0.0548. The Kier molecular flexibility index (Phi) is 5.82. The molecule has 1 nitrogen and oxygen atoms in total. The minimum atomic E-state index is -0.123. The molecule has 4 aliphatic carbocycles. The molecular weight excluding hydrogens is 364 g/mol. The van der Waals surface area contributed by atoms with Crippen molar-refractivity contribution >= 4 is 0 Å². The predicted octanol–water partition coefficient (Wildman–Crippen LogP) is 8.31. The van der Waals surface area contributed by atoms with Crippen molar-refractivity contribution in [2.45, 2.75) is 132 Å². The summed E-state index contributed by atoms with van der Waals surface area (Å²) in [4.78, 5) is 0. The van der Waals surface area contributed by atoms with Gasteiger partial charge in [0.05, 0.1) is 6.10 Å².